The van der Waals surface area contributed by atoms with E-state index in [2.05, 4.69) is 26.0 Å². The summed E-state index contributed by atoms with van der Waals surface area (Å²) in [6, 6.07) is 15.0. The molecule has 0 unspecified atom stereocenters. The number of aromatic nitrogens is 3. The largest absolute Gasteiger partial charge is 0.461 e. The van der Waals surface area contributed by atoms with Gasteiger partial charge < -0.3 is 8.83 Å². The maximum absolute atomic E-state index is 12.6. The Labute approximate surface area is 164 Å². The summed E-state index contributed by atoms with van der Waals surface area (Å²) in [4.78, 5) is 17.5. The number of hydrogen-bond donors (Lipinski definition) is 0. The maximum atomic E-state index is 12.6. The normalized spacial score (nSPS) is 12.3. The van der Waals surface area contributed by atoms with Gasteiger partial charge in [0.25, 0.3) is 5.56 Å². The second-order valence-electron chi connectivity index (χ2n) is 5.74. The molecule has 0 aliphatic heterocycles. The Balaban J connectivity index is 1.54. The molecule has 132 valence electrons. The lowest BCUT2D eigenvalue weighted by Gasteiger charge is -1.96. The van der Waals surface area contributed by atoms with Gasteiger partial charge in [-0.2, -0.15) is 9.50 Å². The van der Waals surface area contributed by atoms with Crippen molar-refractivity contribution in [3.05, 3.63) is 79.9 Å². The summed E-state index contributed by atoms with van der Waals surface area (Å²) in [6.07, 6.45) is 3.25. The molecule has 5 rings (SSSR count). The second kappa shape index (κ2) is 6.33. The third-order valence-electron chi connectivity index (χ3n) is 3.93. The predicted molar refractivity (Wildman–Crippen MR) is 105 cm³/mol. The summed E-state index contributed by atoms with van der Waals surface area (Å²) in [5, 5.41) is 4.23. The molecule has 5 aromatic rings. The molecule has 0 aliphatic carbocycles. The fourth-order valence-corrected chi connectivity index (χ4v) is 3.99. The molecular weight excluding hydrogens is 430 g/mol. The van der Waals surface area contributed by atoms with Crippen LogP contribution in [0.3, 0.4) is 0 Å². The Kier molecular flexibility index (Phi) is 3.80. The highest BCUT2D eigenvalue weighted by Gasteiger charge is 2.14. The molecule has 4 aromatic heterocycles. The number of fused-ring (bicyclic) bond motifs is 1. The van der Waals surface area contributed by atoms with Gasteiger partial charge in [-0.15, -0.1) is 5.10 Å². The summed E-state index contributed by atoms with van der Waals surface area (Å²) < 4.78 is 13.9. The van der Waals surface area contributed by atoms with E-state index in [0.29, 0.717) is 26.8 Å². The van der Waals surface area contributed by atoms with Crippen molar-refractivity contribution in [2.75, 3.05) is 0 Å². The summed E-state index contributed by atoms with van der Waals surface area (Å²) >= 11 is 4.71. The molecule has 0 N–H and O–H groups in total. The molecule has 0 aliphatic rings. The van der Waals surface area contributed by atoms with E-state index in [1.54, 1.807) is 24.5 Å². The first-order chi connectivity index (χ1) is 13.2. The molecule has 27 heavy (non-hydrogen) atoms. The van der Waals surface area contributed by atoms with E-state index < -0.39 is 0 Å². The van der Waals surface area contributed by atoms with Crippen LogP contribution in [0.15, 0.2) is 72.9 Å². The van der Waals surface area contributed by atoms with E-state index in [-0.39, 0.29) is 5.56 Å². The average molecular weight is 440 g/mol. The van der Waals surface area contributed by atoms with Gasteiger partial charge in [0.2, 0.25) is 10.8 Å². The minimum Gasteiger partial charge on any atom is -0.461 e. The molecule has 1 aromatic carbocycles. The Morgan fingerprint density at radius 3 is 2.81 bits per heavy atom. The molecule has 0 saturated heterocycles. The van der Waals surface area contributed by atoms with Gasteiger partial charge in [-0.3, -0.25) is 4.79 Å². The van der Waals surface area contributed by atoms with Gasteiger partial charge in [0.1, 0.15) is 16.1 Å². The van der Waals surface area contributed by atoms with Crippen LogP contribution in [0.5, 0.6) is 0 Å². The van der Waals surface area contributed by atoms with Crippen LogP contribution in [0.25, 0.3) is 33.9 Å². The Morgan fingerprint density at radius 2 is 2.04 bits per heavy atom. The monoisotopic (exact) mass is 439 g/mol. The van der Waals surface area contributed by atoms with Crippen molar-refractivity contribution in [2.24, 2.45) is 0 Å². The lowest BCUT2D eigenvalue weighted by Crippen LogP contribution is -2.23. The number of rotatable bonds is 3. The van der Waals surface area contributed by atoms with Gasteiger partial charge in [0, 0.05) is 16.1 Å². The lowest BCUT2D eigenvalue weighted by atomic mass is 10.2. The Morgan fingerprint density at radius 1 is 1.11 bits per heavy atom. The van der Waals surface area contributed by atoms with E-state index in [1.165, 1.54) is 15.9 Å². The van der Waals surface area contributed by atoms with E-state index in [1.807, 2.05) is 36.4 Å². The molecule has 0 bridgehead atoms. The fourth-order valence-electron chi connectivity index (χ4n) is 2.70. The van der Waals surface area contributed by atoms with Crippen LogP contribution < -0.4 is 10.1 Å². The fraction of sp³-hybridized carbons (Fsp3) is 0. The van der Waals surface area contributed by atoms with Crippen LogP contribution in [0.4, 0.5) is 0 Å². The highest BCUT2D eigenvalue weighted by Crippen LogP contribution is 2.25. The second-order valence-corrected chi connectivity index (χ2v) is 7.66. The third-order valence-corrected chi connectivity index (χ3v) is 5.39. The van der Waals surface area contributed by atoms with E-state index in [9.17, 15) is 4.79 Å². The number of nitrogens with zero attached hydrogens (tertiary/aromatic N) is 3. The summed E-state index contributed by atoms with van der Waals surface area (Å²) in [5.41, 5.74) is 0.720. The quantitative estimate of drug-likeness (QED) is 0.425. The molecule has 0 saturated carbocycles. The highest BCUT2D eigenvalue weighted by molar-refractivity contribution is 9.10. The summed E-state index contributed by atoms with van der Waals surface area (Å²) in [7, 11) is 0. The average Bonchev–Trinajstić information content (AvgIpc) is 3.42. The summed E-state index contributed by atoms with van der Waals surface area (Å²) in [5.74, 6) is 2.25. The number of hydrogen-bond acceptors (Lipinski definition) is 6. The van der Waals surface area contributed by atoms with E-state index >= 15 is 0 Å². The molecule has 0 amide bonds. The predicted octanol–water partition coefficient (Wildman–Crippen LogP) is 3.98. The summed E-state index contributed by atoms with van der Waals surface area (Å²) in [6.45, 7) is 0. The molecule has 8 heteroatoms. The van der Waals surface area contributed by atoms with E-state index in [0.717, 1.165) is 15.8 Å². The van der Waals surface area contributed by atoms with Crippen molar-refractivity contribution < 1.29 is 8.83 Å². The zero-order valence-electron chi connectivity index (χ0n) is 13.6. The number of furan rings is 2. The zero-order valence-corrected chi connectivity index (χ0v) is 16.0. The van der Waals surface area contributed by atoms with Crippen LogP contribution in [-0.2, 0) is 0 Å². The van der Waals surface area contributed by atoms with Crippen molar-refractivity contribution in [3.63, 3.8) is 0 Å². The third kappa shape index (κ3) is 2.92. The SMILES string of the molecule is O=c1c(=Cc2ccc(-c3cccc(Br)c3)o2)sc2nc(-c3ccco3)nn12. The Bertz CT molecular complexity index is 1370. The highest BCUT2D eigenvalue weighted by atomic mass is 79.9. The van der Waals surface area contributed by atoms with Crippen molar-refractivity contribution in [3.8, 4) is 22.9 Å². The first kappa shape index (κ1) is 16.2. The maximum Gasteiger partial charge on any atom is 0.291 e. The molecule has 6 nitrogen and oxygen atoms in total. The molecule has 0 radical (unpaired) electrons. The van der Waals surface area contributed by atoms with Gasteiger partial charge in [0.15, 0.2) is 5.76 Å². The zero-order chi connectivity index (χ0) is 18.4. The standard InChI is InChI=1S/C19H10BrN3O3S/c20-12-4-1-3-11(9-12)14-7-6-13(26-14)10-16-18(24)23-19(27-16)21-17(22-23)15-5-2-8-25-15/h1-10H. The van der Waals surface area contributed by atoms with Gasteiger partial charge >= 0.3 is 0 Å². The van der Waals surface area contributed by atoms with Crippen molar-refractivity contribution in [2.45, 2.75) is 0 Å². The molecular formula is C19H10BrN3O3S. The first-order valence-corrected chi connectivity index (χ1v) is 9.59. The van der Waals surface area contributed by atoms with Crippen LogP contribution >= 0.6 is 27.3 Å². The van der Waals surface area contributed by atoms with Crippen LogP contribution in [-0.4, -0.2) is 14.6 Å². The van der Waals surface area contributed by atoms with E-state index in [4.69, 9.17) is 8.83 Å². The lowest BCUT2D eigenvalue weighted by molar-refractivity contribution is 0.571. The minimum atomic E-state index is -0.235. The van der Waals surface area contributed by atoms with Crippen molar-refractivity contribution >= 4 is 38.3 Å². The first-order valence-electron chi connectivity index (χ1n) is 7.98. The smallest absolute Gasteiger partial charge is 0.291 e. The van der Waals surface area contributed by atoms with Gasteiger partial charge in [-0.05, 0) is 36.4 Å². The Hall–Kier alpha value is -2.97. The minimum absolute atomic E-state index is 0.235. The van der Waals surface area contributed by atoms with Crippen molar-refractivity contribution in [1.82, 2.24) is 14.6 Å². The van der Waals surface area contributed by atoms with Crippen LogP contribution in [0.2, 0.25) is 0 Å². The molecule has 0 atom stereocenters. The topological polar surface area (TPSA) is 73.5 Å². The van der Waals surface area contributed by atoms with Crippen LogP contribution in [0, 0.1) is 0 Å². The van der Waals surface area contributed by atoms with Gasteiger partial charge in [-0.25, -0.2) is 0 Å². The van der Waals surface area contributed by atoms with Gasteiger partial charge in [0.05, 0.1) is 6.26 Å². The molecule has 0 spiro atoms. The number of thiazole rings is 1. The molecule has 0 fully saturated rings. The number of benzene rings is 1. The number of halogens is 1. The van der Waals surface area contributed by atoms with Crippen LogP contribution in [0.1, 0.15) is 5.76 Å². The van der Waals surface area contributed by atoms with Crippen molar-refractivity contribution in [1.29, 1.82) is 0 Å². The molecule has 4 heterocycles. The van der Waals surface area contributed by atoms with Gasteiger partial charge in [-0.1, -0.05) is 39.4 Å².